The van der Waals surface area contributed by atoms with Crippen LogP contribution in [0.3, 0.4) is 0 Å². The van der Waals surface area contributed by atoms with Crippen LogP contribution < -0.4 is 5.32 Å². The van der Waals surface area contributed by atoms with Gasteiger partial charge in [-0.3, -0.25) is 9.59 Å². The zero-order valence-electron chi connectivity index (χ0n) is 17.4. The number of aliphatic carboxylic acids is 1. The molecule has 2 aromatic rings. The van der Waals surface area contributed by atoms with Gasteiger partial charge in [0, 0.05) is 26.6 Å². The Balaban J connectivity index is 1.46. The number of piperidine rings is 1. The van der Waals surface area contributed by atoms with E-state index in [1.54, 1.807) is 0 Å². The molecule has 2 fully saturated rings. The SMILES string of the molecule is CC(=O)NC1(c2ccccc2)CCN(C[C@@H]2C[C@@]2(C(=O)O)c2ccc(F)c(F)c2)CC1. The average molecular weight is 428 g/mol. The van der Waals surface area contributed by atoms with Crippen LogP contribution >= 0.6 is 0 Å². The van der Waals surface area contributed by atoms with Gasteiger partial charge in [0.15, 0.2) is 11.6 Å². The van der Waals surface area contributed by atoms with Crippen molar-refractivity contribution in [1.29, 1.82) is 0 Å². The second kappa shape index (κ2) is 8.04. The Morgan fingerprint density at radius 2 is 1.74 bits per heavy atom. The van der Waals surface area contributed by atoms with E-state index in [0.29, 0.717) is 44.5 Å². The molecule has 4 rings (SSSR count). The molecule has 164 valence electrons. The molecule has 2 N–H and O–H groups in total. The molecule has 1 heterocycles. The van der Waals surface area contributed by atoms with Crippen LogP contribution in [0.4, 0.5) is 8.78 Å². The number of nitrogens with zero attached hydrogens (tertiary/aromatic N) is 1. The molecule has 0 radical (unpaired) electrons. The zero-order valence-corrected chi connectivity index (χ0v) is 17.4. The fourth-order valence-corrected chi connectivity index (χ4v) is 5.07. The fourth-order valence-electron chi connectivity index (χ4n) is 5.07. The van der Waals surface area contributed by atoms with Crippen LogP contribution in [0.15, 0.2) is 48.5 Å². The third kappa shape index (κ3) is 3.94. The topological polar surface area (TPSA) is 69.6 Å². The Morgan fingerprint density at radius 1 is 1.06 bits per heavy atom. The van der Waals surface area contributed by atoms with Crippen molar-refractivity contribution in [3.05, 3.63) is 71.3 Å². The quantitative estimate of drug-likeness (QED) is 0.740. The van der Waals surface area contributed by atoms with Crippen molar-refractivity contribution >= 4 is 11.9 Å². The molecule has 31 heavy (non-hydrogen) atoms. The Hall–Kier alpha value is -2.80. The number of likely N-dealkylation sites (tertiary alicyclic amines) is 1. The van der Waals surface area contributed by atoms with Crippen LogP contribution in [-0.2, 0) is 20.5 Å². The van der Waals surface area contributed by atoms with E-state index in [1.165, 1.54) is 13.0 Å². The first-order valence-electron chi connectivity index (χ1n) is 10.5. The lowest BCUT2D eigenvalue weighted by molar-refractivity contribution is -0.140. The van der Waals surface area contributed by atoms with E-state index in [0.717, 1.165) is 17.7 Å². The molecule has 1 aliphatic heterocycles. The molecule has 0 aromatic heterocycles. The Labute approximate surface area is 180 Å². The standard InChI is InChI=1S/C24H26F2N2O3/c1-16(29)27-23(17-5-3-2-4-6-17)9-11-28(12-10-23)15-19-14-24(19,22(30)31)18-7-8-20(25)21(26)13-18/h2-8,13,19H,9-12,14-15H2,1H3,(H,27,29)(H,30,31)/t19-,24+/m0/s1. The third-order valence-electron chi connectivity index (χ3n) is 6.85. The summed E-state index contributed by atoms with van der Waals surface area (Å²) in [5, 5.41) is 13.0. The Bertz CT molecular complexity index is 990. The van der Waals surface area contributed by atoms with Gasteiger partial charge in [-0.15, -0.1) is 0 Å². The summed E-state index contributed by atoms with van der Waals surface area (Å²) in [4.78, 5) is 26.1. The highest BCUT2D eigenvalue weighted by molar-refractivity contribution is 5.86. The number of carboxylic acids is 1. The number of amides is 1. The van der Waals surface area contributed by atoms with E-state index >= 15 is 0 Å². The van der Waals surface area contributed by atoms with Crippen molar-refractivity contribution < 1.29 is 23.5 Å². The molecule has 1 aliphatic carbocycles. The maximum Gasteiger partial charge on any atom is 0.314 e. The average Bonchev–Trinajstić information content (AvgIpc) is 3.47. The minimum atomic E-state index is -1.17. The van der Waals surface area contributed by atoms with E-state index in [2.05, 4.69) is 10.2 Å². The number of halogens is 2. The molecular weight excluding hydrogens is 402 g/mol. The molecule has 0 bridgehead atoms. The summed E-state index contributed by atoms with van der Waals surface area (Å²) in [5.74, 6) is -3.25. The molecule has 5 nitrogen and oxygen atoms in total. The summed E-state index contributed by atoms with van der Waals surface area (Å²) < 4.78 is 27.0. The van der Waals surface area contributed by atoms with Crippen LogP contribution in [-0.4, -0.2) is 41.5 Å². The number of hydrogen-bond acceptors (Lipinski definition) is 3. The van der Waals surface area contributed by atoms with E-state index in [4.69, 9.17) is 0 Å². The number of carbonyl (C=O) groups is 2. The lowest BCUT2D eigenvalue weighted by atomic mass is 9.80. The first-order valence-corrected chi connectivity index (χ1v) is 10.5. The minimum Gasteiger partial charge on any atom is -0.481 e. The number of hydrogen-bond donors (Lipinski definition) is 2. The maximum absolute atomic E-state index is 13.7. The van der Waals surface area contributed by atoms with Gasteiger partial charge in [-0.05, 0) is 48.4 Å². The van der Waals surface area contributed by atoms with Gasteiger partial charge in [-0.1, -0.05) is 36.4 Å². The largest absolute Gasteiger partial charge is 0.481 e. The van der Waals surface area contributed by atoms with Gasteiger partial charge in [0.05, 0.1) is 11.0 Å². The summed E-state index contributed by atoms with van der Waals surface area (Å²) >= 11 is 0. The number of benzene rings is 2. The highest BCUT2D eigenvalue weighted by Gasteiger charge is 2.62. The van der Waals surface area contributed by atoms with Crippen molar-refractivity contribution in [3.63, 3.8) is 0 Å². The second-order valence-electron chi connectivity index (χ2n) is 8.74. The Morgan fingerprint density at radius 3 is 2.32 bits per heavy atom. The number of rotatable bonds is 6. The predicted molar refractivity (Wildman–Crippen MR) is 111 cm³/mol. The normalized spacial score (nSPS) is 25.1. The van der Waals surface area contributed by atoms with E-state index in [1.807, 2.05) is 30.3 Å². The number of carbonyl (C=O) groups excluding carboxylic acids is 1. The van der Waals surface area contributed by atoms with Crippen LogP contribution in [0.1, 0.15) is 37.3 Å². The summed E-state index contributed by atoms with van der Waals surface area (Å²) in [5.41, 5.74) is -0.215. The van der Waals surface area contributed by atoms with Crippen molar-refractivity contribution in [2.24, 2.45) is 5.92 Å². The summed E-state index contributed by atoms with van der Waals surface area (Å²) in [6.07, 6.45) is 1.84. The smallest absolute Gasteiger partial charge is 0.314 e. The summed E-state index contributed by atoms with van der Waals surface area (Å²) in [6, 6.07) is 13.3. The van der Waals surface area contributed by atoms with Gasteiger partial charge in [-0.2, -0.15) is 0 Å². The number of nitrogens with one attached hydrogen (secondary N) is 1. The number of carboxylic acid groups (broad SMARTS) is 1. The monoisotopic (exact) mass is 428 g/mol. The van der Waals surface area contributed by atoms with Crippen LogP contribution in [0.25, 0.3) is 0 Å². The molecule has 7 heteroatoms. The molecular formula is C24H26F2N2O3. The second-order valence-corrected chi connectivity index (χ2v) is 8.74. The zero-order chi connectivity index (χ0) is 22.2. The van der Waals surface area contributed by atoms with Crippen LogP contribution in [0.2, 0.25) is 0 Å². The predicted octanol–water partition coefficient (Wildman–Crippen LogP) is 3.43. The fraction of sp³-hybridized carbons (Fsp3) is 0.417. The van der Waals surface area contributed by atoms with E-state index in [-0.39, 0.29) is 11.8 Å². The van der Waals surface area contributed by atoms with Crippen LogP contribution in [0, 0.1) is 17.6 Å². The highest BCUT2D eigenvalue weighted by Crippen LogP contribution is 2.55. The first kappa shape index (κ1) is 21.4. The molecule has 0 unspecified atom stereocenters. The molecule has 2 atom stereocenters. The first-order chi connectivity index (χ1) is 14.8. The van der Waals surface area contributed by atoms with Crippen LogP contribution in [0.5, 0.6) is 0 Å². The molecule has 0 spiro atoms. The molecule has 1 amide bonds. The molecule has 1 saturated heterocycles. The van der Waals surface area contributed by atoms with Gasteiger partial charge >= 0.3 is 5.97 Å². The molecule has 2 aliphatic rings. The van der Waals surface area contributed by atoms with Gasteiger partial charge in [0.2, 0.25) is 5.91 Å². The van der Waals surface area contributed by atoms with Crippen molar-refractivity contribution in [2.45, 2.75) is 37.1 Å². The molecule has 1 saturated carbocycles. The van der Waals surface area contributed by atoms with Gasteiger partial charge in [0.1, 0.15) is 0 Å². The van der Waals surface area contributed by atoms with Gasteiger partial charge in [-0.25, -0.2) is 8.78 Å². The van der Waals surface area contributed by atoms with Gasteiger partial charge in [0.25, 0.3) is 0 Å². The van der Waals surface area contributed by atoms with Crippen molar-refractivity contribution in [2.75, 3.05) is 19.6 Å². The van der Waals surface area contributed by atoms with Crippen molar-refractivity contribution in [3.8, 4) is 0 Å². The molecule has 2 aromatic carbocycles. The maximum atomic E-state index is 13.7. The van der Waals surface area contributed by atoms with E-state index < -0.39 is 28.6 Å². The minimum absolute atomic E-state index is 0.0808. The third-order valence-corrected chi connectivity index (χ3v) is 6.85. The van der Waals surface area contributed by atoms with Crippen molar-refractivity contribution in [1.82, 2.24) is 10.2 Å². The Kier molecular flexibility index (Phi) is 5.56. The highest BCUT2D eigenvalue weighted by atomic mass is 19.2. The van der Waals surface area contributed by atoms with E-state index in [9.17, 15) is 23.5 Å². The summed E-state index contributed by atoms with van der Waals surface area (Å²) in [6.45, 7) is 3.50. The van der Waals surface area contributed by atoms with Gasteiger partial charge < -0.3 is 15.3 Å². The lowest BCUT2D eigenvalue weighted by Gasteiger charge is -2.43. The lowest BCUT2D eigenvalue weighted by Crippen LogP contribution is -2.53. The summed E-state index contributed by atoms with van der Waals surface area (Å²) in [7, 11) is 0.